The second-order valence-corrected chi connectivity index (χ2v) is 5.42. The fourth-order valence-corrected chi connectivity index (χ4v) is 2.58. The predicted molar refractivity (Wildman–Crippen MR) is 74.8 cm³/mol. The Bertz CT molecular complexity index is 702. The van der Waals surface area contributed by atoms with E-state index in [-0.39, 0.29) is 10.6 Å². The van der Waals surface area contributed by atoms with Crippen LogP contribution in [0.1, 0.15) is 9.67 Å². The number of alkyl halides is 2. The van der Waals surface area contributed by atoms with Crippen molar-refractivity contribution in [2.45, 2.75) is 5.92 Å². The molecule has 2 aromatic rings. The first kappa shape index (κ1) is 15.3. The minimum Gasteiger partial charge on any atom is -0.345 e. The fraction of sp³-hybridized carbons (Fsp3) is 0.250. The molecule has 1 aromatic heterocycles. The zero-order valence-electron chi connectivity index (χ0n) is 10.6. The van der Waals surface area contributed by atoms with E-state index in [9.17, 15) is 23.7 Å². The molecule has 0 spiro atoms. The third-order valence-corrected chi connectivity index (χ3v) is 3.86. The standard InChI is InChI=1S/C12H11F2N3O3S/c13-12(14,5-15)6-16-11(18)10-4-7-3-8(17(19)20)1-2-9(7)21-10/h1-4H,5-6,15H2,(H,16,18). The number of hydrogen-bond donors (Lipinski definition) is 2. The van der Waals surface area contributed by atoms with Gasteiger partial charge in [0.1, 0.15) is 0 Å². The number of fused-ring (bicyclic) bond motifs is 1. The summed E-state index contributed by atoms with van der Waals surface area (Å²) in [5.41, 5.74) is 4.78. The second kappa shape index (κ2) is 5.70. The van der Waals surface area contributed by atoms with Crippen LogP contribution in [0.2, 0.25) is 0 Å². The Hall–Kier alpha value is -2.13. The van der Waals surface area contributed by atoms with Crippen LogP contribution in [0, 0.1) is 10.1 Å². The number of nitrogens with zero attached hydrogens (tertiary/aromatic N) is 1. The van der Waals surface area contributed by atoms with Crippen LogP contribution >= 0.6 is 11.3 Å². The van der Waals surface area contributed by atoms with E-state index in [1.165, 1.54) is 24.3 Å². The highest BCUT2D eigenvalue weighted by molar-refractivity contribution is 7.20. The van der Waals surface area contributed by atoms with Gasteiger partial charge < -0.3 is 11.1 Å². The molecule has 1 amide bonds. The number of nitro groups is 1. The van der Waals surface area contributed by atoms with Crippen LogP contribution in [0.4, 0.5) is 14.5 Å². The van der Waals surface area contributed by atoms with Gasteiger partial charge in [0.25, 0.3) is 17.5 Å². The monoisotopic (exact) mass is 315 g/mol. The van der Waals surface area contributed by atoms with Crippen molar-refractivity contribution in [3.05, 3.63) is 39.3 Å². The normalized spacial score (nSPS) is 11.6. The van der Waals surface area contributed by atoms with Crippen LogP contribution < -0.4 is 11.1 Å². The molecule has 0 saturated carbocycles. The van der Waals surface area contributed by atoms with Gasteiger partial charge in [0.2, 0.25) is 0 Å². The lowest BCUT2D eigenvalue weighted by Gasteiger charge is -2.13. The topological polar surface area (TPSA) is 98.3 Å². The Kier molecular flexibility index (Phi) is 4.14. The molecule has 0 radical (unpaired) electrons. The Labute approximate surface area is 121 Å². The lowest BCUT2D eigenvalue weighted by molar-refractivity contribution is -0.384. The molecule has 0 atom stereocenters. The van der Waals surface area contributed by atoms with Gasteiger partial charge in [0.15, 0.2) is 0 Å². The summed E-state index contributed by atoms with van der Waals surface area (Å²) in [5.74, 6) is -3.82. The van der Waals surface area contributed by atoms with Crippen molar-refractivity contribution in [3.63, 3.8) is 0 Å². The molecular formula is C12H11F2N3O3S. The van der Waals surface area contributed by atoms with Gasteiger partial charge in [-0.25, -0.2) is 8.78 Å². The molecule has 21 heavy (non-hydrogen) atoms. The first-order chi connectivity index (χ1) is 9.82. The molecular weight excluding hydrogens is 304 g/mol. The molecule has 0 fully saturated rings. The Morgan fingerprint density at radius 3 is 2.76 bits per heavy atom. The summed E-state index contributed by atoms with van der Waals surface area (Å²) in [6.07, 6.45) is 0. The molecule has 112 valence electrons. The summed E-state index contributed by atoms with van der Waals surface area (Å²) in [6, 6.07) is 5.60. The fourth-order valence-electron chi connectivity index (χ4n) is 1.63. The van der Waals surface area contributed by atoms with Crippen LogP contribution in [-0.4, -0.2) is 29.8 Å². The lowest BCUT2D eigenvalue weighted by Crippen LogP contribution is -2.41. The number of benzene rings is 1. The summed E-state index contributed by atoms with van der Waals surface area (Å²) in [6.45, 7) is -1.71. The first-order valence-corrected chi connectivity index (χ1v) is 6.68. The van der Waals surface area contributed by atoms with Crippen LogP contribution in [0.25, 0.3) is 10.1 Å². The number of halogens is 2. The van der Waals surface area contributed by atoms with E-state index in [0.29, 0.717) is 10.1 Å². The molecule has 0 aliphatic carbocycles. The van der Waals surface area contributed by atoms with E-state index >= 15 is 0 Å². The number of carbonyl (C=O) groups excluding carboxylic acids is 1. The quantitative estimate of drug-likeness (QED) is 0.652. The molecule has 0 bridgehead atoms. The Balaban J connectivity index is 2.19. The molecule has 0 aliphatic heterocycles. The highest BCUT2D eigenvalue weighted by atomic mass is 32.1. The molecule has 1 aromatic carbocycles. The van der Waals surface area contributed by atoms with Crippen molar-refractivity contribution < 1.29 is 18.5 Å². The summed E-state index contributed by atoms with van der Waals surface area (Å²) >= 11 is 1.07. The molecule has 0 saturated heterocycles. The van der Waals surface area contributed by atoms with Gasteiger partial charge in [-0.3, -0.25) is 14.9 Å². The van der Waals surface area contributed by atoms with Crippen molar-refractivity contribution in [2.24, 2.45) is 5.73 Å². The zero-order valence-corrected chi connectivity index (χ0v) is 11.5. The van der Waals surface area contributed by atoms with E-state index in [1.807, 2.05) is 0 Å². The SMILES string of the molecule is NCC(F)(F)CNC(=O)c1cc2cc([N+](=O)[O-])ccc2s1. The summed E-state index contributed by atoms with van der Waals surface area (Å²) < 4.78 is 26.6. The van der Waals surface area contributed by atoms with E-state index < -0.39 is 29.8 Å². The summed E-state index contributed by atoms with van der Waals surface area (Å²) in [7, 11) is 0. The van der Waals surface area contributed by atoms with Crippen LogP contribution in [-0.2, 0) is 0 Å². The van der Waals surface area contributed by atoms with Gasteiger partial charge in [-0.2, -0.15) is 0 Å². The minimum absolute atomic E-state index is 0.0954. The van der Waals surface area contributed by atoms with Gasteiger partial charge >= 0.3 is 0 Å². The highest BCUT2D eigenvalue weighted by Gasteiger charge is 2.27. The second-order valence-electron chi connectivity index (χ2n) is 4.33. The lowest BCUT2D eigenvalue weighted by atomic mass is 10.2. The maximum absolute atomic E-state index is 13.0. The van der Waals surface area contributed by atoms with Crippen molar-refractivity contribution in [3.8, 4) is 0 Å². The van der Waals surface area contributed by atoms with Crippen LogP contribution in [0.3, 0.4) is 0 Å². The number of thiophene rings is 1. The molecule has 6 nitrogen and oxygen atoms in total. The van der Waals surface area contributed by atoms with Crippen molar-refractivity contribution in [1.29, 1.82) is 0 Å². The minimum atomic E-state index is -3.16. The average molecular weight is 315 g/mol. The number of nitrogens with two attached hydrogens (primary N) is 1. The zero-order chi connectivity index (χ0) is 15.6. The van der Waals surface area contributed by atoms with E-state index in [1.54, 1.807) is 0 Å². The van der Waals surface area contributed by atoms with Gasteiger partial charge in [0.05, 0.1) is 22.9 Å². The van der Waals surface area contributed by atoms with Crippen LogP contribution in [0.5, 0.6) is 0 Å². The molecule has 3 N–H and O–H groups in total. The number of amides is 1. The number of nitro benzene ring substituents is 1. The third kappa shape index (κ3) is 3.50. The van der Waals surface area contributed by atoms with E-state index in [0.717, 1.165) is 11.3 Å². The smallest absolute Gasteiger partial charge is 0.277 e. The van der Waals surface area contributed by atoms with Gasteiger partial charge in [-0.15, -0.1) is 11.3 Å². The summed E-state index contributed by atoms with van der Waals surface area (Å²) in [5, 5.41) is 13.3. The van der Waals surface area contributed by atoms with Crippen LogP contribution in [0.15, 0.2) is 24.3 Å². The number of rotatable bonds is 5. The van der Waals surface area contributed by atoms with E-state index in [4.69, 9.17) is 5.73 Å². The predicted octanol–water partition coefficient (Wildman–Crippen LogP) is 2.13. The number of carbonyl (C=O) groups is 1. The number of non-ortho nitro benzene ring substituents is 1. The number of hydrogen-bond acceptors (Lipinski definition) is 5. The van der Waals surface area contributed by atoms with Gasteiger partial charge in [-0.1, -0.05) is 0 Å². The van der Waals surface area contributed by atoms with Gasteiger partial charge in [-0.05, 0) is 12.1 Å². The molecule has 1 heterocycles. The number of nitrogens with one attached hydrogen (secondary N) is 1. The highest BCUT2D eigenvalue weighted by Crippen LogP contribution is 2.29. The maximum Gasteiger partial charge on any atom is 0.277 e. The molecule has 9 heteroatoms. The van der Waals surface area contributed by atoms with Gasteiger partial charge in [0, 0.05) is 22.2 Å². The van der Waals surface area contributed by atoms with Crippen molar-refractivity contribution in [1.82, 2.24) is 5.32 Å². The maximum atomic E-state index is 13.0. The third-order valence-electron chi connectivity index (χ3n) is 2.74. The van der Waals surface area contributed by atoms with Crippen molar-refractivity contribution >= 4 is 33.0 Å². The Morgan fingerprint density at radius 2 is 2.14 bits per heavy atom. The average Bonchev–Trinajstić information content (AvgIpc) is 2.87. The Morgan fingerprint density at radius 1 is 1.43 bits per heavy atom. The molecule has 0 aliphatic rings. The molecule has 0 unspecified atom stereocenters. The molecule has 2 rings (SSSR count). The first-order valence-electron chi connectivity index (χ1n) is 5.86. The largest absolute Gasteiger partial charge is 0.345 e. The van der Waals surface area contributed by atoms with Crippen molar-refractivity contribution in [2.75, 3.05) is 13.1 Å². The summed E-state index contributed by atoms with van der Waals surface area (Å²) in [4.78, 5) is 22.1. The van der Waals surface area contributed by atoms with E-state index in [2.05, 4.69) is 5.32 Å².